The Hall–Kier alpha value is -1.36. The molecule has 76 valence electrons. The maximum absolute atomic E-state index is 11.3. The summed E-state index contributed by atoms with van der Waals surface area (Å²) in [5, 5.41) is 0. The molecule has 0 fully saturated rings. The van der Waals surface area contributed by atoms with Gasteiger partial charge >= 0.3 is 0 Å². The fourth-order valence-corrected chi connectivity index (χ4v) is 1.47. The molecule has 1 rings (SSSR count). The predicted molar refractivity (Wildman–Crippen MR) is 53.5 cm³/mol. The monoisotopic (exact) mass is 213 g/mol. The summed E-state index contributed by atoms with van der Waals surface area (Å²) in [5.41, 5.74) is 1.25. The summed E-state index contributed by atoms with van der Waals surface area (Å²) in [6, 6.07) is 6.72. The first-order valence-electron chi connectivity index (χ1n) is 3.97. The lowest BCUT2D eigenvalue weighted by molar-refractivity contribution is 0.0981. The minimum atomic E-state index is -3.48. The van der Waals surface area contributed by atoms with E-state index < -0.39 is 15.9 Å². The van der Waals surface area contributed by atoms with Crippen molar-refractivity contribution >= 4 is 15.9 Å². The molecule has 1 aromatic carbocycles. The molecular formula is C9H11NO3S. The van der Waals surface area contributed by atoms with Crippen molar-refractivity contribution in [1.82, 2.24) is 4.72 Å². The molecule has 0 heterocycles. The molecule has 1 amide bonds. The fourth-order valence-electron chi connectivity index (χ4n) is 1.01. The van der Waals surface area contributed by atoms with Gasteiger partial charge in [-0.3, -0.25) is 4.79 Å². The molecule has 0 spiro atoms. The Morgan fingerprint density at radius 1 is 1.36 bits per heavy atom. The predicted octanol–water partition coefficient (Wildman–Crippen LogP) is 0.684. The van der Waals surface area contributed by atoms with Gasteiger partial charge in [-0.1, -0.05) is 17.7 Å². The Labute approximate surface area is 83.0 Å². The van der Waals surface area contributed by atoms with Crippen LogP contribution in [0.25, 0.3) is 0 Å². The van der Waals surface area contributed by atoms with Crippen LogP contribution >= 0.6 is 0 Å². The van der Waals surface area contributed by atoms with Crippen LogP contribution in [-0.4, -0.2) is 20.6 Å². The summed E-state index contributed by atoms with van der Waals surface area (Å²) < 4.78 is 23.4. The van der Waals surface area contributed by atoms with Gasteiger partial charge in [0, 0.05) is 5.56 Å². The summed E-state index contributed by atoms with van der Waals surface area (Å²) in [6.45, 7) is 1.83. The van der Waals surface area contributed by atoms with Crippen LogP contribution in [-0.2, 0) is 10.0 Å². The average molecular weight is 213 g/mol. The lowest BCUT2D eigenvalue weighted by Crippen LogP contribution is -2.29. The maximum atomic E-state index is 11.3. The minimum absolute atomic E-state index is 0.343. The SMILES string of the molecule is Cc1cccc(C(=O)NS(C)(=O)=O)c1. The highest BCUT2D eigenvalue weighted by atomic mass is 32.2. The van der Waals surface area contributed by atoms with Gasteiger partial charge < -0.3 is 0 Å². The number of nitrogens with one attached hydrogen (secondary N) is 1. The van der Waals surface area contributed by atoms with Crippen LogP contribution < -0.4 is 4.72 Å². The summed E-state index contributed by atoms with van der Waals surface area (Å²) in [5.74, 6) is -0.601. The molecular weight excluding hydrogens is 202 g/mol. The molecule has 5 heteroatoms. The van der Waals surface area contributed by atoms with Gasteiger partial charge in [0.25, 0.3) is 5.91 Å². The number of hydrogen-bond acceptors (Lipinski definition) is 3. The molecule has 0 saturated heterocycles. The van der Waals surface area contributed by atoms with E-state index in [-0.39, 0.29) is 0 Å². The molecule has 0 aliphatic rings. The van der Waals surface area contributed by atoms with Crippen molar-refractivity contribution in [2.45, 2.75) is 6.92 Å². The van der Waals surface area contributed by atoms with E-state index in [1.807, 2.05) is 17.7 Å². The third-order valence-electron chi connectivity index (χ3n) is 1.56. The minimum Gasteiger partial charge on any atom is -0.268 e. The van der Waals surface area contributed by atoms with Gasteiger partial charge in [0.1, 0.15) is 0 Å². The molecule has 0 radical (unpaired) electrons. The molecule has 0 aliphatic heterocycles. The van der Waals surface area contributed by atoms with Crippen LogP contribution in [0, 0.1) is 6.92 Å². The van der Waals surface area contributed by atoms with Gasteiger partial charge in [0.05, 0.1) is 6.26 Å². The van der Waals surface area contributed by atoms with Crippen molar-refractivity contribution < 1.29 is 13.2 Å². The van der Waals surface area contributed by atoms with Crippen molar-refractivity contribution in [3.05, 3.63) is 35.4 Å². The second-order valence-electron chi connectivity index (χ2n) is 3.07. The average Bonchev–Trinajstić information content (AvgIpc) is 2.01. The summed E-state index contributed by atoms with van der Waals surface area (Å²) in [4.78, 5) is 11.3. The molecule has 1 N–H and O–H groups in total. The van der Waals surface area contributed by atoms with Gasteiger partial charge in [0.2, 0.25) is 10.0 Å². The van der Waals surface area contributed by atoms with Crippen LogP contribution in [0.3, 0.4) is 0 Å². The number of carbonyl (C=O) groups is 1. The van der Waals surface area contributed by atoms with E-state index in [9.17, 15) is 13.2 Å². The number of hydrogen-bond donors (Lipinski definition) is 1. The van der Waals surface area contributed by atoms with Gasteiger partial charge in [0.15, 0.2) is 0 Å². The van der Waals surface area contributed by atoms with Crippen LogP contribution in [0.15, 0.2) is 24.3 Å². The molecule has 0 bridgehead atoms. The third-order valence-corrected chi connectivity index (χ3v) is 2.11. The molecule has 0 unspecified atom stereocenters. The number of rotatable bonds is 2. The van der Waals surface area contributed by atoms with Gasteiger partial charge in [-0.05, 0) is 19.1 Å². The zero-order chi connectivity index (χ0) is 10.8. The van der Waals surface area contributed by atoms with Crippen molar-refractivity contribution in [3.8, 4) is 0 Å². The largest absolute Gasteiger partial charge is 0.268 e. The Balaban J connectivity index is 2.91. The highest BCUT2D eigenvalue weighted by Gasteiger charge is 2.10. The number of aryl methyl sites for hydroxylation is 1. The van der Waals surface area contributed by atoms with Crippen LogP contribution in [0.4, 0.5) is 0 Å². The van der Waals surface area contributed by atoms with Crippen LogP contribution in [0.5, 0.6) is 0 Å². The second kappa shape index (κ2) is 3.79. The van der Waals surface area contributed by atoms with Crippen molar-refractivity contribution in [2.75, 3.05) is 6.26 Å². The first kappa shape index (κ1) is 10.7. The van der Waals surface area contributed by atoms with Crippen molar-refractivity contribution in [1.29, 1.82) is 0 Å². The Kier molecular flexibility index (Phi) is 2.90. The standard InChI is InChI=1S/C9H11NO3S/c1-7-4-3-5-8(6-7)9(11)10-14(2,12)13/h3-6H,1-2H3,(H,10,11). The summed E-state index contributed by atoms with van der Waals surface area (Å²) in [7, 11) is -3.48. The van der Waals surface area contributed by atoms with E-state index in [4.69, 9.17) is 0 Å². The van der Waals surface area contributed by atoms with E-state index in [0.29, 0.717) is 5.56 Å². The molecule has 0 atom stereocenters. The molecule has 0 aromatic heterocycles. The maximum Gasteiger partial charge on any atom is 0.264 e. The topological polar surface area (TPSA) is 63.2 Å². The normalized spacial score (nSPS) is 11.0. The van der Waals surface area contributed by atoms with Gasteiger partial charge in [-0.25, -0.2) is 13.1 Å². The van der Waals surface area contributed by atoms with E-state index in [2.05, 4.69) is 0 Å². The lowest BCUT2D eigenvalue weighted by Gasteiger charge is -2.02. The second-order valence-corrected chi connectivity index (χ2v) is 4.82. The number of amides is 1. The Morgan fingerprint density at radius 2 is 2.00 bits per heavy atom. The summed E-state index contributed by atoms with van der Waals surface area (Å²) >= 11 is 0. The molecule has 0 saturated carbocycles. The van der Waals surface area contributed by atoms with Crippen LogP contribution in [0.1, 0.15) is 15.9 Å². The smallest absolute Gasteiger partial charge is 0.264 e. The molecule has 4 nitrogen and oxygen atoms in total. The number of sulfonamides is 1. The molecule has 1 aromatic rings. The highest BCUT2D eigenvalue weighted by Crippen LogP contribution is 2.03. The van der Waals surface area contributed by atoms with Crippen molar-refractivity contribution in [3.63, 3.8) is 0 Å². The first-order valence-corrected chi connectivity index (χ1v) is 5.86. The van der Waals surface area contributed by atoms with E-state index in [0.717, 1.165) is 11.8 Å². The zero-order valence-corrected chi connectivity index (χ0v) is 8.76. The fraction of sp³-hybridized carbons (Fsp3) is 0.222. The van der Waals surface area contributed by atoms with Gasteiger partial charge in [-0.2, -0.15) is 0 Å². The Morgan fingerprint density at radius 3 is 2.50 bits per heavy atom. The van der Waals surface area contributed by atoms with E-state index >= 15 is 0 Å². The highest BCUT2D eigenvalue weighted by molar-refractivity contribution is 7.89. The van der Waals surface area contributed by atoms with Crippen LogP contribution in [0.2, 0.25) is 0 Å². The lowest BCUT2D eigenvalue weighted by atomic mass is 10.1. The number of benzene rings is 1. The Bertz CT molecular complexity index is 451. The first-order chi connectivity index (χ1) is 6.38. The zero-order valence-electron chi connectivity index (χ0n) is 7.94. The molecule has 0 aliphatic carbocycles. The quantitative estimate of drug-likeness (QED) is 0.786. The third kappa shape index (κ3) is 3.18. The van der Waals surface area contributed by atoms with Crippen molar-refractivity contribution in [2.24, 2.45) is 0 Å². The van der Waals surface area contributed by atoms with Gasteiger partial charge in [-0.15, -0.1) is 0 Å². The molecule has 14 heavy (non-hydrogen) atoms. The summed E-state index contributed by atoms with van der Waals surface area (Å²) in [6.07, 6.45) is 0.945. The van der Waals surface area contributed by atoms with E-state index in [1.54, 1.807) is 18.2 Å². The number of carbonyl (C=O) groups excluding carboxylic acids is 1. The van der Waals surface area contributed by atoms with E-state index in [1.165, 1.54) is 0 Å².